The number of aliphatic carboxylic acids is 1. The molecular formula is C14H18N2O2. The Morgan fingerprint density at radius 2 is 1.89 bits per heavy atom. The molecule has 1 rings (SSSR count). The Morgan fingerprint density at radius 1 is 1.33 bits per heavy atom. The van der Waals surface area contributed by atoms with Gasteiger partial charge in [-0.15, -0.1) is 0 Å². The third-order valence-electron chi connectivity index (χ3n) is 1.96. The van der Waals surface area contributed by atoms with Gasteiger partial charge in [0.1, 0.15) is 0 Å². The number of nitrogens with one attached hydrogen (secondary N) is 1. The number of hydrogen-bond acceptors (Lipinski definition) is 3. The minimum Gasteiger partial charge on any atom is -0.478 e. The van der Waals surface area contributed by atoms with Gasteiger partial charge in [0.25, 0.3) is 0 Å². The maximum absolute atomic E-state index is 10.2. The van der Waals surface area contributed by atoms with Crippen LogP contribution in [0.25, 0.3) is 6.08 Å². The van der Waals surface area contributed by atoms with Gasteiger partial charge in [0, 0.05) is 6.08 Å². The van der Waals surface area contributed by atoms with Crippen molar-refractivity contribution in [1.29, 1.82) is 5.26 Å². The third-order valence-corrected chi connectivity index (χ3v) is 1.96. The Balaban J connectivity index is 0.000000494. The molecule has 0 aliphatic rings. The van der Waals surface area contributed by atoms with Crippen molar-refractivity contribution in [1.82, 2.24) is 5.32 Å². The lowest BCUT2D eigenvalue weighted by Gasteiger charge is -1.91. The molecule has 0 spiro atoms. The summed E-state index contributed by atoms with van der Waals surface area (Å²) >= 11 is 0. The van der Waals surface area contributed by atoms with Crippen LogP contribution < -0.4 is 5.32 Å². The molecule has 0 fully saturated rings. The summed E-state index contributed by atoms with van der Waals surface area (Å²) in [6, 6.07) is 8.64. The van der Waals surface area contributed by atoms with Crippen molar-refractivity contribution in [2.75, 3.05) is 13.1 Å². The van der Waals surface area contributed by atoms with Gasteiger partial charge >= 0.3 is 5.97 Å². The summed E-state index contributed by atoms with van der Waals surface area (Å²) in [5.74, 6) is -0.982. The molecule has 0 amide bonds. The molecule has 4 heteroatoms. The fourth-order valence-electron chi connectivity index (χ4n) is 1.09. The van der Waals surface area contributed by atoms with Crippen molar-refractivity contribution in [3.8, 4) is 6.07 Å². The fourth-order valence-corrected chi connectivity index (χ4v) is 1.09. The van der Waals surface area contributed by atoms with Crippen LogP contribution in [0.15, 0.2) is 30.3 Å². The first-order valence-electron chi connectivity index (χ1n) is 5.75. The molecular weight excluding hydrogens is 228 g/mol. The standard InChI is InChI=1S/C10H7NO2.C4H11N/c11-7-9-3-1-8(2-4-9)5-6-10(12)13;1-3-5-4-2/h1-6H,(H,12,13);5H,3-4H2,1-2H3. The number of hydrogen-bond donors (Lipinski definition) is 2. The van der Waals surface area contributed by atoms with Crippen LogP contribution >= 0.6 is 0 Å². The summed E-state index contributed by atoms with van der Waals surface area (Å²) in [4.78, 5) is 10.2. The Bertz CT molecular complexity index is 414. The van der Waals surface area contributed by atoms with E-state index in [0.717, 1.165) is 24.7 Å². The van der Waals surface area contributed by atoms with Gasteiger partial charge in [-0.3, -0.25) is 0 Å². The highest BCUT2D eigenvalue weighted by molar-refractivity contribution is 5.85. The van der Waals surface area contributed by atoms with Crippen LogP contribution in [0.4, 0.5) is 0 Å². The number of carboxylic acid groups (broad SMARTS) is 1. The van der Waals surface area contributed by atoms with Gasteiger partial charge < -0.3 is 10.4 Å². The van der Waals surface area contributed by atoms with E-state index in [4.69, 9.17) is 10.4 Å². The minimum absolute atomic E-state index is 0.562. The summed E-state index contributed by atoms with van der Waals surface area (Å²) < 4.78 is 0. The largest absolute Gasteiger partial charge is 0.478 e. The van der Waals surface area contributed by atoms with E-state index in [0.29, 0.717) is 5.56 Å². The number of carboxylic acids is 1. The van der Waals surface area contributed by atoms with Gasteiger partial charge in [-0.25, -0.2) is 4.79 Å². The lowest BCUT2D eigenvalue weighted by molar-refractivity contribution is -0.131. The Morgan fingerprint density at radius 3 is 2.22 bits per heavy atom. The monoisotopic (exact) mass is 246 g/mol. The fraction of sp³-hybridized carbons (Fsp3) is 0.286. The molecule has 18 heavy (non-hydrogen) atoms. The molecule has 1 aromatic rings. The number of nitrogens with zero attached hydrogens (tertiary/aromatic N) is 1. The first-order chi connectivity index (χ1) is 8.63. The third kappa shape index (κ3) is 8.08. The molecule has 0 aliphatic heterocycles. The van der Waals surface area contributed by atoms with Gasteiger partial charge in [0.15, 0.2) is 0 Å². The Kier molecular flexibility index (Phi) is 8.88. The lowest BCUT2D eigenvalue weighted by atomic mass is 10.1. The molecule has 0 unspecified atom stereocenters. The zero-order valence-corrected chi connectivity index (χ0v) is 10.7. The van der Waals surface area contributed by atoms with Crippen molar-refractivity contribution in [3.05, 3.63) is 41.5 Å². The van der Waals surface area contributed by atoms with E-state index in [2.05, 4.69) is 19.2 Å². The van der Waals surface area contributed by atoms with Gasteiger partial charge in [-0.05, 0) is 36.9 Å². The minimum atomic E-state index is -0.982. The van der Waals surface area contributed by atoms with E-state index in [-0.39, 0.29) is 0 Å². The van der Waals surface area contributed by atoms with E-state index >= 15 is 0 Å². The molecule has 1 aromatic carbocycles. The number of carbonyl (C=O) groups is 1. The van der Waals surface area contributed by atoms with E-state index in [1.54, 1.807) is 24.3 Å². The van der Waals surface area contributed by atoms with Crippen molar-refractivity contribution >= 4 is 12.0 Å². The van der Waals surface area contributed by atoms with Crippen LogP contribution in [0.1, 0.15) is 25.0 Å². The average Bonchev–Trinajstić information content (AvgIpc) is 2.38. The van der Waals surface area contributed by atoms with Crippen LogP contribution in [0.3, 0.4) is 0 Å². The highest BCUT2D eigenvalue weighted by Gasteiger charge is 1.90. The first kappa shape index (κ1) is 15.9. The van der Waals surface area contributed by atoms with Crippen LogP contribution in [0.2, 0.25) is 0 Å². The van der Waals surface area contributed by atoms with Crippen LogP contribution in [-0.2, 0) is 4.79 Å². The molecule has 2 N–H and O–H groups in total. The highest BCUT2D eigenvalue weighted by Crippen LogP contribution is 2.04. The molecule has 0 bridgehead atoms. The van der Waals surface area contributed by atoms with Crippen molar-refractivity contribution in [3.63, 3.8) is 0 Å². The van der Waals surface area contributed by atoms with Gasteiger partial charge in [-0.1, -0.05) is 26.0 Å². The summed E-state index contributed by atoms with van der Waals surface area (Å²) in [7, 11) is 0. The summed E-state index contributed by atoms with van der Waals surface area (Å²) in [6.07, 6.45) is 2.53. The molecule has 0 radical (unpaired) electrons. The molecule has 0 atom stereocenters. The number of nitriles is 1. The molecule has 0 aliphatic carbocycles. The summed E-state index contributed by atoms with van der Waals surface area (Å²) in [5.41, 5.74) is 1.33. The second-order valence-corrected chi connectivity index (χ2v) is 3.36. The van der Waals surface area contributed by atoms with Crippen LogP contribution in [-0.4, -0.2) is 24.2 Å². The average molecular weight is 246 g/mol. The molecule has 96 valence electrons. The normalized spacial score (nSPS) is 9.39. The Hall–Kier alpha value is -2.12. The maximum atomic E-state index is 10.2. The summed E-state index contributed by atoms with van der Waals surface area (Å²) in [6.45, 7) is 6.39. The van der Waals surface area contributed by atoms with E-state index in [9.17, 15) is 4.79 Å². The summed E-state index contributed by atoms with van der Waals surface area (Å²) in [5, 5.41) is 19.9. The molecule has 0 saturated heterocycles. The Labute approximate surface area is 108 Å². The predicted molar refractivity (Wildman–Crippen MR) is 72.0 cm³/mol. The van der Waals surface area contributed by atoms with Crippen molar-refractivity contribution in [2.45, 2.75) is 13.8 Å². The zero-order chi connectivity index (χ0) is 13.8. The highest BCUT2D eigenvalue weighted by atomic mass is 16.4. The second kappa shape index (κ2) is 10.1. The van der Waals surface area contributed by atoms with Gasteiger partial charge in [-0.2, -0.15) is 5.26 Å². The SMILES string of the molecule is CCNCC.N#Cc1ccc(C=CC(=O)O)cc1. The number of benzene rings is 1. The zero-order valence-electron chi connectivity index (χ0n) is 10.7. The smallest absolute Gasteiger partial charge is 0.328 e. The van der Waals surface area contributed by atoms with E-state index in [1.807, 2.05) is 6.07 Å². The van der Waals surface area contributed by atoms with Gasteiger partial charge in [0.05, 0.1) is 11.6 Å². The number of rotatable bonds is 4. The van der Waals surface area contributed by atoms with Gasteiger partial charge in [0.2, 0.25) is 0 Å². The van der Waals surface area contributed by atoms with E-state index < -0.39 is 5.97 Å². The van der Waals surface area contributed by atoms with E-state index in [1.165, 1.54) is 6.08 Å². The first-order valence-corrected chi connectivity index (χ1v) is 5.75. The predicted octanol–water partition coefficient (Wildman–Crippen LogP) is 2.27. The van der Waals surface area contributed by atoms with Crippen LogP contribution in [0.5, 0.6) is 0 Å². The van der Waals surface area contributed by atoms with Crippen LogP contribution in [0, 0.1) is 11.3 Å². The molecule has 0 aromatic heterocycles. The second-order valence-electron chi connectivity index (χ2n) is 3.36. The quantitative estimate of drug-likeness (QED) is 0.799. The molecule has 0 heterocycles. The van der Waals surface area contributed by atoms with Crippen molar-refractivity contribution < 1.29 is 9.90 Å². The topological polar surface area (TPSA) is 73.1 Å². The van der Waals surface area contributed by atoms with Crippen molar-refractivity contribution in [2.24, 2.45) is 0 Å². The maximum Gasteiger partial charge on any atom is 0.328 e. The molecule has 4 nitrogen and oxygen atoms in total. The molecule has 0 saturated carbocycles. The lowest BCUT2D eigenvalue weighted by Crippen LogP contribution is -2.09.